The topological polar surface area (TPSA) is 68.8 Å². The molecule has 0 saturated carbocycles. The Morgan fingerprint density at radius 3 is 2.71 bits per heavy atom. The van der Waals surface area contributed by atoms with Crippen LogP contribution in [-0.4, -0.2) is 14.8 Å². The molecule has 0 amide bonds. The van der Waals surface area contributed by atoms with Gasteiger partial charge in [0.25, 0.3) is 0 Å². The summed E-state index contributed by atoms with van der Waals surface area (Å²) in [6, 6.07) is 14.6. The summed E-state index contributed by atoms with van der Waals surface area (Å²) in [4.78, 5) is 4.28. The van der Waals surface area contributed by atoms with Crippen LogP contribution in [0.4, 0.5) is 16.3 Å². The average Bonchev–Trinajstić information content (AvgIpc) is 2.94. The lowest BCUT2D eigenvalue weighted by atomic mass is 9.93. The molecule has 0 fully saturated rings. The first-order valence-corrected chi connectivity index (χ1v) is 8.39. The van der Waals surface area contributed by atoms with E-state index in [4.69, 9.17) is 5.73 Å². The van der Waals surface area contributed by atoms with Crippen LogP contribution >= 0.6 is 15.9 Å². The molecule has 0 aliphatic carbocycles. The van der Waals surface area contributed by atoms with Crippen LogP contribution in [0.1, 0.15) is 29.6 Å². The molecule has 0 saturated heterocycles. The number of benzene rings is 2. The van der Waals surface area contributed by atoms with Gasteiger partial charge in [-0.15, -0.1) is 5.10 Å². The second kappa shape index (κ2) is 5.90. The van der Waals surface area contributed by atoms with Crippen molar-refractivity contribution in [1.29, 1.82) is 0 Å². The van der Waals surface area contributed by atoms with E-state index in [1.54, 1.807) is 12.1 Å². The summed E-state index contributed by atoms with van der Waals surface area (Å²) in [5.74, 6) is 0.612. The Balaban J connectivity index is 1.76. The van der Waals surface area contributed by atoms with E-state index in [0.29, 0.717) is 5.95 Å². The van der Waals surface area contributed by atoms with Crippen molar-refractivity contribution in [3.8, 4) is 0 Å². The third-order valence-electron chi connectivity index (χ3n) is 4.21. The monoisotopic (exact) mass is 387 g/mol. The van der Waals surface area contributed by atoms with Crippen LogP contribution in [0.25, 0.3) is 0 Å². The fourth-order valence-corrected chi connectivity index (χ4v) is 3.52. The van der Waals surface area contributed by atoms with E-state index in [1.165, 1.54) is 12.1 Å². The second-order valence-electron chi connectivity index (χ2n) is 5.79. The van der Waals surface area contributed by atoms with E-state index in [-0.39, 0.29) is 23.8 Å². The quantitative estimate of drug-likeness (QED) is 0.699. The van der Waals surface area contributed by atoms with E-state index < -0.39 is 0 Å². The Morgan fingerprint density at radius 2 is 1.96 bits per heavy atom. The Kier molecular flexibility index (Phi) is 3.72. The van der Waals surface area contributed by atoms with Crippen LogP contribution in [0.2, 0.25) is 0 Å². The molecule has 7 heteroatoms. The van der Waals surface area contributed by atoms with Crippen molar-refractivity contribution in [2.75, 3.05) is 11.1 Å². The molecule has 2 atom stereocenters. The third kappa shape index (κ3) is 2.75. The number of fused-ring (bicyclic) bond motifs is 1. The summed E-state index contributed by atoms with van der Waals surface area (Å²) >= 11 is 3.51. The molecule has 24 heavy (non-hydrogen) atoms. The average molecular weight is 388 g/mol. The standard InChI is InChI=1S/C17H15BrFN5/c18-12-3-1-2-11(8-12)15-9-14(10-4-6-13(19)7-5-10)21-17-22-16(20)23-24(15)17/h1-8,14-15H,9H2,(H3,20,21,22,23)/t14-,15+/m1/s1. The summed E-state index contributed by atoms with van der Waals surface area (Å²) in [5.41, 5.74) is 7.91. The van der Waals surface area contributed by atoms with Gasteiger partial charge in [-0.2, -0.15) is 4.98 Å². The van der Waals surface area contributed by atoms with Gasteiger partial charge in [0.2, 0.25) is 11.9 Å². The number of nitrogens with one attached hydrogen (secondary N) is 1. The number of halogens is 2. The van der Waals surface area contributed by atoms with E-state index in [1.807, 2.05) is 16.8 Å². The Morgan fingerprint density at radius 1 is 1.17 bits per heavy atom. The fraction of sp³-hybridized carbons (Fsp3) is 0.176. The maximum atomic E-state index is 13.2. The summed E-state index contributed by atoms with van der Waals surface area (Å²) in [7, 11) is 0. The molecular weight excluding hydrogens is 373 g/mol. The molecule has 0 bridgehead atoms. The highest BCUT2D eigenvalue weighted by atomic mass is 79.9. The van der Waals surface area contributed by atoms with Crippen LogP contribution in [0.15, 0.2) is 53.0 Å². The zero-order chi connectivity index (χ0) is 16.7. The van der Waals surface area contributed by atoms with Crippen molar-refractivity contribution < 1.29 is 4.39 Å². The van der Waals surface area contributed by atoms with E-state index in [9.17, 15) is 4.39 Å². The van der Waals surface area contributed by atoms with E-state index in [2.05, 4.69) is 43.5 Å². The first-order valence-electron chi connectivity index (χ1n) is 7.59. The zero-order valence-corrected chi connectivity index (χ0v) is 14.2. The van der Waals surface area contributed by atoms with Gasteiger partial charge in [0.05, 0.1) is 12.1 Å². The minimum Gasteiger partial charge on any atom is -0.366 e. The molecule has 1 aromatic heterocycles. The van der Waals surface area contributed by atoms with Gasteiger partial charge in [0, 0.05) is 4.47 Å². The number of nitrogens with zero attached hydrogens (tertiary/aromatic N) is 3. The molecule has 1 aliphatic heterocycles. The molecule has 0 spiro atoms. The van der Waals surface area contributed by atoms with Crippen LogP contribution in [-0.2, 0) is 0 Å². The van der Waals surface area contributed by atoms with E-state index >= 15 is 0 Å². The lowest BCUT2D eigenvalue weighted by Gasteiger charge is -2.31. The van der Waals surface area contributed by atoms with Gasteiger partial charge in [-0.3, -0.25) is 0 Å². The zero-order valence-electron chi connectivity index (χ0n) is 12.7. The molecule has 4 rings (SSSR count). The minimum absolute atomic E-state index is 0.00129. The molecule has 2 aromatic carbocycles. The van der Waals surface area contributed by atoms with Crippen molar-refractivity contribution in [3.63, 3.8) is 0 Å². The van der Waals surface area contributed by atoms with Gasteiger partial charge in [0.15, 0.2) is 0 Å². The number of aromatic nitrogens is 3. The summed E-state index contributed by atoms with van der Waals surface area (Å²) in [6.45, 7) is 0. The largest absolute Gasteiger partial charge is 0.366 e. The highest BCUT2D eigenvalue weighted by Crippen LogP contribution is 2.38. The Bertz CT molecular complexity index is 877. The number of hydrogen-bond donors (Lipinski definition) is 2. The lowest BCUT2D eigenvalue weighted by molar-refractivity contribution is 0.431. The van der Waals surface area contributed by atoms with Crippen molar-refractivity contribution in [2.45, 2.75) is 18.5 Å². The molecule has 0 unspecified atom stereocenters. The number of rotatable bonds is 2. The summed E-state index contributed by atoms with van der Waals surface area (Å²) in [6.07, 6.45) is 0.762. The van der Waals surface area contributed by atoms with Crippen LogP contribution in [0.5, 0.6) is 0 Å². The molecule has 3 N–H and O–H groups in total. The summed E-state index contributed by atoms with van der Waals surface area (Å²) in [5, 5.41) is 7.67. The van der Waals surface area contributed by atoms with Crippen molar-refractivity contribution in [3.05, 3.63) is 69.9 Å². The molecule has 0 radical (unpaired) electrons. The molecule has 3 aromatic rings. The van der Waals surface area contributed by atoms with Crippen molar-refractivity contribution in [1.82, 2.24) is 14.8 Å². The van der Waals surface area contributed by atoms with Gasteiger partial charge in [-0.05, 0) is 41.8 Å². The number of hydrogen-bond acceptors (Lipinski definition) is 4. The van der Waals surface area contributed by atoms with Crippen LogP contribution in [0, 0.1) is 5.82 Å². The highest BCUT2D eigenvalue weighted by Gasteiger charge is 2.30. The number of nitrogens with two attached hydrogens (primary N) is 1. The molecule has 5 nitrogen and oxygen atoms in total. The summed E-state index contributed by atoms with van der Waals surface area (Å²) < 4.78 is 16.0. The SMILES string of the molecule is Nc1nc2n(n1)[C@H](c1cccc(Br)c1)C[C@H](c1ccc(F)cc1)N2. The van der Waals surface area contributed by atoms with Crippen molar-refractivity contribution in [2.24, 2.45) is 0 Å². The third-order valence-corrected chi connectivity index (χ3v) is 4.70. The van der Waals surface area contributed by atoms with Crippen LogP contribution in [0.3, 0.4) is 0 Å². The second-order valence-corrected chi connectivity index (χ2v) is 6.71. The number of nitrogen functional groups attached to an aromatic ring is 1. The maximum absolute atomic E-state index is 13.2. The first-order chi connectivity index (χ1) is 11.6. The van der Waals surface area contributed by atoms with Gasteiger partial charge < -0.3 is 11.1 Å². The van der Waals surface area contributed by atoms with E-state index in [0.717, 1.165) is 22.0 Å². The lowest BCUT2D eigenvalue weighted by Crippen LogP contribution is -2.28. The van der Waals surface area contributed by atoms with Crippen LogP contribution < -0.4 is 11.1 Å². The normalized spacial score (nSPS) is 19.6. The minimum atomic E-state index is -0.245. The fourth-order valence-electron chi connectivity index (χ4n) is 3.10. The predicted octanol–water partition coefficient (Wildman–Crippen LogP) is 3.91. The molecule has 1 aliphatic rings. The molecular formula is C17H15BrFN5. The Hall–Kier alpha value is -2.41. The van der Waals surface area contributed by atoms with Gasteiger partial charge >= 0.3 is 0 Å². The number of anilines is 2. The highest BCUT2D eigenvalue weighted by molar-refractivity contribution is 9.10. The van der Waals surface area contributed by atoms with Gasteiger partial charge in [-0.25, -0.2) is 9.07 Å². The predicted molar refractivity (Wildman–Crippen MR) is 94.1 cm³/mol. The van der Waals surface area contributed by atoms with Crippen molar-refractivity contribution >= 4 is 27.8 Å². The maximum Gasteiger partial charge on any atom is 0.241 e. The van der Waals surface area contributed by atoms with Gasteiger partial charge in [-0.1, -0.05) is 40.2 Å². The molecule has 122 valence electrons. The smallest absolute Gasteiger partial charge is 0.241 e. The first kappa shape index (κ1) is 15.1. The Labute approximate surface area is 146 Å². The molecule has 2 heterocycles. The van der Waals surface area contributed by atoms with Gasteiger partial charge in [0.1, 0.15) is 5.82 Å².